The first-order chi connectivity index (χ1) is 24.8. The number of aliphatic carboxylic acids is 4. The predicted molar refractivity (Wildman–Crippen MR) is 220 cm³/mol. The van der Waals surface area contributed by atoms with E-state index in [2.05, 4.69) is 27.0 Å². The second kappa shape index (κ2) is 52.2. The molecule has 0 aromatic carbocycles. The van der Waals surface area contributed by atoms with E-state index in [1.54, 1.807) is 0 Å². The van der Waals surface area contributed by atoms with Crippen LogP contribution in [0, 0.1) is 0 Å². The summed E-state index contributed by atoms with van der Waals surface area (Å²) in [7, 11) is 0. The van der Waals surface area contributed by atoms with Crippen LogP contribution in [-0.4, -0.2) is 57.1 Å². The standard InChI is InChI=1S/2C18H36O2.2C4H6O2.Mg/c2*1-2-3-4-5-6-7-8-9-10-11-12-13-14-15-16-17-18(19)20;2*1-3(2)4(5)6;/h2*2-17H2,1H3,(H,19,20);2*1H2,2H3,(H,5,6);/q;;;;+2/p-2. The maximum Gasteiger partial charge on any atom is 2.00 e. The molecule has 0 unspecified atom stereocenters. The first kappa shape index (κ1) is 60.4. The molecule has 0 heterocycles. The normalized spacial score (nSPS) is 9.89. The van der Waals surface area contributed by atoms with Gasteiger partial charge in [-0.15, -0.1) is 0 Å². The zero-order valence-electron chi connectivity index (χ0n) is 35.1. The second-order valence-electron chi connectivity index (χ2n) is 14.3. The van der Waals surface area contributed by atoms with Gasteiger partial charge in [-0.05, 0) is 39.5 Å². The molecule has 9 heteroatoms. The molecule has 0 spiro atoms. The molecule has 8 nitrogen and oxygen atoms in total. The van der Waals surface area contributed by atoms with E-state index >= 15 is 0 Å². The molecule has 308 valence electrons. The van der Waals surface area contributed by atoms with E-state index in [1.807, 2.05) is 0 Å². The Morgan fingerprint density at radius 2 is 0.509 bits per heavy atom. The smallest absolute Gasteiger partial charge is 0.550 e. The number of unbranched alkanes of at least 4 members (excludes halogenated alkanes) is 28. The largest absolute Gasteiger partial charge is 2.00 e. The van der Waals surface area contributed by atoms with Crippen LogP contribution in [0.3, 0.4) is 0 Å². The molecule has 0 aliphatic carbocycles. The van der Waals surface area contributed by atoms with Gasteiger partial charge in [-0.25, -0.2) is 9.59 Å². The molecule has 2 N–H and O–H groups in total. The fraction of sp³-hybridized carbons (Fsp3) is 0.818. The molecule has 0 aromatic heterocycles. The maximum atomic E-state index is 10.2. The van der Waals surface area contributed by atoms with Crippen molar-refractivity contribution in [3.05, 3.63) is 24.3 Å². The molecular weight excluding hydrogens is 681 g/mol. The zero-order valence-corrected chi connectivity index (χ0v) is 36.5. The van der Waals surface area contributed by atoms with Gasteiger partial charge in [-0.1, -0.05) is 207 Å². The van der Waals surface area contributed by atoms with Crippen molar-refractivity contribution in [1.82, 2.24) is 0 Å². The van der Waals surface area contributed by atoms with Gasteiger partial charge in [0.2, 0.25) is 0 Å². The van der Waals surface area contributed by atoms with Gasteiger partial charge in [0.1, 0.15) is 0 Å². The van der Waals surface area contributed by atoms with E-state index in [9.17, 15) is 29.4 Å². The number of hydrogen-bond donors (Lipinski definition) is 2. The van der Waals surface area contributed by atoms with Gasteiger partial charge >= 0.3 is 35.0 Å². The minimum Gasteiger partial charge on any atom is -0.550 e. The molecule has 0 aromatic rings. The SMILES string of the molecule is C=C(C)C(=O)O.C=C(C)C(=O)O.CCCCCCCCCCCCCCCCCC(=O)[O-].CCCCCCCCCCCCCCCCCC(=O)[O-].[Mg+2]. The van der Waals surface area contributed by atoms with Gasteiger partial charge in [-0.2, -0.15) is 0 Å². The Kier molecular flexibility index (Phi) is 59.5. The maximum absolute atomic E-state index is 10.2. The molecule has 53 heavy (non-hydrogen) atoms. The van der Waals surface area contributed by atoms with Crippen LogP contribution in [0.25, 0.3) is 0 Å². The third-order valence-corrected chi connectivity index (χ3v) is 8.70. The zero-order chi connectivity index (χ0) is 40.1. The minimum absolute atomic E-state index is 0. The van der Waals surface area contributed by atoms with E-state index in [-0.39, 0.29) is 47.0 Å². The van der Waals surface area contributed by atoms with Crippen molar-refractivity contribution in [3.63, 3.8) is 0 Å². The Labute approximate surface area is 342 Å². The Morgan fingerprint density at radius 3 is 0.623 bits per heavy atom. The molecule has 0 aliphatic rings. The summed E-state index contributed by atoms with van der Waals surface area (Å²) in [6, 6.07) is 0. The van der Waals surface area contributed by atoms with Crippen LogP contribution < -0.4 is 10.2 Å². The predicted octanol–water partition coefficient (Wildman–Crippen LogP) is 10.9. The van der Waals surface area contributed by atoms with Crippen LogP contribution in [0.4, 0.5) is 0 Å². The van der Waals surface area contributed by atoms with Crippen molar-refractivity contribution in [2.24, 2.45) is 0 Å². The molecule has 0 radical (unpaired) electrons. The van der Waals surface area contributed by atoms with Crippen LogP contribution in [0.15, 0.2) is 24.3 Å². The van der Waals surface area contributed by atoms with Gasteiger partial charge in [0.15, 0.2) is 0 Å². The number of hydrogen-bond acceptors (Lipinski definition) is 6. The third kappa shape index (κ3) is 72.1. The van der Waals surface area contributed by atoms with E-state index in [1.165, 1.54) is 181 Å². The molecular formula is C44H82MgO8. The number of carboxylic acids is 4. The Morgan fingerprint density at radius 1 is 0.377 bits per heavy atom. The van der Waals surface area contributed by atoms with Crippen LogP contribution >= 0.6 is 0 Å². The van der Waals surface area contributed by atoms with Gasteiger partial charge < -0.3 is 30.0 Å². The van der Waals surface area contributed by atoms with Crippen molar-refractivity contribution < 1.29 is 39.6 Å². The van der Waals surface area contributed by atoms with E-state index < -0.39 is 23.9 Å². The van der Waals surface area contributed by atoms with Crippen LogP contribution in [0.5, 0.6) is 0 Å². The first-order valence-electron chi connectivity index (χ1n) is 21.0. The molecule has 0 saturated heterocycles. The number of carboxylic acid groups (broad SMARTS) is 4. The minimum atomic E-state index is -0.935. The summed E-state index contributed by atoms with van der Waals surface area (Å²) in [6.07, 6.45) is 39.7. The number of carbonyl (C=O) groups excluding carboxylic acids is 2. The van der Waals surface area contributed by atoms with Gasteiger partial charge in [0.05, 0.1) is 0 Å². The summed E-state index contributed by atoms with van der Waals surface area (Å²) in [4.78, 5) is 39.6. The summed E-state index contributed by atoms with van der Waals surface area (Å²) in [5.41, 5.74) is 0.352. The van der Waals surface area contributed by atoms with Crippen LogP contribution in [0.1, 0.15) is 233 Å². The van der Waals surface area contributed by atoms with Gasteiger partial charge in [0.25, 0.3) is 0 Å². The van der Waals surface area contributed by atoms with Crippen molar-refractivity contribution in [3.8, 4) is 0 Å². The summed E-state index contributed by atoms with van der Waals surface area (Å²) in [6.45, 7) is 13.7. The van der Waals surface area contributed by atoms with Crippen LogP contribution in [0.2, 0.25) is 0 Å². The summed E-state index contributed by atoms with van der Waals surface area (Å²) in [5, 5.41) is 36.2. The number of carbonyl (C=O) groups is 4. The third-order valence-electron chi connectivity index (χ3n) is 8.70. The summed E-state index contributed by atoms with van der Waals surface area (Å²) >= 11 is 0. The molecule has 0 rings (SSSR count). The average Bonchev–Trinajstić information content (AvgIpc) is 3.08. The Balaban J connectivity index is -0.000000218. The Hall–Kier alpha value is -1.87. The van der Waals surface area contributed by atoms with Crippen molar-refractivity contribution in [1.29, 1.82) is 0 Å². The molecule has 0 atom stereocenters. The monoisotopic (exact) mass is 763 g/mol. The van der Waals surface area contributed by atoms with Crippen molar-refractivity contribution >= 4 is 46.9 Å². The van der Waals surface area contributed by atoms with Gasteiger partial charge in [0, 0.05) is 23.1 Å². The van der Waals surface area contributed by atoms with E-state index in [0.717, 1.165) is 25.7 Å². The van der Waals surface area contributed by atoms with E-state index in [0.29, 0.717) is 0 Å². The van der Waals surface area contributed by atoms with Crippen LogP contribution in [-0.2, 0) is 19.2 Å². The molecule has 0 bridgehead atoms. The topological polar surface area (TPSA) is 155 Å². The fourth-order valence-electron chi connectivity index (χ4n) is 5.28. The Bertz CT molecular complexity index is 751. The van der Waals surface area contributed by atoms with Crippen molar-refractivity contribution in [2.75, 3.05) is 0 Å². The van der Waals surface area contributed by atoms with Gasteiger partial charge in [-0.3, -0.25) is 0 Å². The summed E-state index contributed by atoms with van der Waals surface area (Å²) in [5.74, 6) is -3.68. The molecule has 0 saturated carbocycles. The molecule has 0 aliphatic heterocycles. The first-order valence-corrected chi connectivity index (χ1v) is 21.0. The number of rotatable bonds is 34. The van der Waals surface area contributed by atoms with Crippen molar-refractivity contribution in [2.45, 2.75) is 233 Å². The summed E-state index contributed by atoms with van der Waals surface area (Å²) < 4.78 is 0. The fourth-order valence-corrected chi connectivity index (χ4v) is 5.28. The van der Waals surface area contributed by atoms with E-state index in [4.69, 9.17) is 10.2 Å². The average molecular weight is 763 g/mol. The molecule has 0 fully saturated rings. The second-order valence-corrected chi connectivity index (χ2v) is 14.3. The quantitative estimate of drug-likeness (QED) is 0.0373. The molecule has 0 amide bonds.